The average Bonchev–Trinajstić information content (AvgIpc) is 3.55. The molecule has 5 N–H and O–H groups in total. The van der Waals surface area contributed by atoms with Crippen molar-refractivity contribution in [2.75, 3.05) is 31.6 Å². The Hall–Kier alpha value is -4.10. The van der Waals surface area contributed by atoms with Crippen molar-refractivity contribution in [1.82, 2.24) is 30.1 Å². The summed E-state index contributed by atoms with van der Waals surface area (Å²) in [5.41, 5.74) is 15.7. The van der Waals surface area contributed by atoms with Gasteiger partial charge in [0.2, 0.25) is 11.8 Å². The number of benzene rings is 3. The van der Waals surface area contributed by atoms with E-state index in [1.807, 2.05) is 30.3 Å². The average molecular weight is 654 g/mol. The predicted molar refractivity (Wildman–Crippen MR) is 172 cm³/mol. The number of nitrogens with one attached hydrogen (secondary N) is 1. The Labute approximate surface area is 267 Å². The number of fused-ring (bicyclic) bond motifs is 2. The van der Waals surface area contributed by atoms with E-state index in [1.165, 1.54) is 16.3 Å². The summed E-state index contributed by atoms with van der Waals surface area (Å²) in [7, 11) is 1.61. The largest absolute Gasteiger partial charge is 0.399 e. The third-order valence-electron chi connectivity index (χ3n) is 7.96. The summed E-state index contributed by atoms with van der Waals surface area (Å²) in [4.78, 5) is 48.7. The molecule has 0 bridgehead atoms. The van der Waals surface area contributed by atoms with Gasteiger partial charge in [0.25, 0.3) is 0 Å². The van der Waals surface area contributed by atoms with Gasteiger partial charge < -0.3 is 26.6 Å². The Bertz CT molecular complexity index is 1750. The van der Waals surface area contributed by atoms with Crippen LogP contribution in [-0.4, -0.2) is 75.0 Å². The molecule has 3 aromatic carbocycles. The molecule has 2 aliphatic rings. The van der Waals surface area contributed by atoms with Gasteiger partial charge >= 0.3 is 6.03 Å². The second-order valence-corrected chi connectivity index (χ2v) is 12.7. The van der Waals surface area contributed by atoms with Crippen LogP contribution < -0.4 is 16.8 Å². The summed E-state index contributed by atoms with van der Waals surface area (Å²) in [5, 5.41) is 7.24. The minimum absolute atomic E-state index is 0.0566. The first-order chi connectivity index (χ1) is 21.1. The van der Waals surface area contributed by atoms with Gasteiger partial charge in [-0.3, -0.25) is 14.6 Å². The number of urea groups is 1. The van der Waals surface area contributed by atoms with Crippen LogP contribution in [0.1, 0.15) is 16.7 Å². The number of piperazine rings is 1. The number of amides is 4. The molecule has 2 saturated heterocycles. The summed E-state index contributed by atoms with van der Waals surface area (Å²) >= 11 is 13.5. The number of nitrogens with two attached hydrogens (primary N) is 2. The first-order valence-corrected chi connectivity index (χ1v) is 15.5. The second kappa shape index (κ2) is 12.1. The molecule has 0 aliphatic carbocycles. The molecule has 0 radical (unpaired) electrons. The van der Waals surface area contributed by atoms with Crippen LogP contribution in [0.3, 0.4) is 0 Å². The van der Waals surface area contributed by atoms with Crippen molar-refractivity contribution < 1.29 is 14.4 Å². The quantitative estimate of drug-likeness (QED) is 0.257. The highest BCUT2D eigenvalue weighted by molar-refractivity contribution is 7.22. The smallest absolute Gasteiger partial charge is 0.332 e. The zero-order valence-electron chi connectivity index (χ0n) is 23.7. The molecule has 228 valence electrons. The molecule has 11 nitrogen and oxygen atoms in total. The van der Waals surface area contributed by atoms with Crippen molar-refractivity contribution in [3.05, 3.63) is 87.4 Å². The molecule has 4 amide bonds. The highest BCUT2D eigenvalue weighted by atomic mass is 35.5. The molecule has 3 heterocycles. The molecule has 44 heavy (non-hydrogen) atoms. The van der Waals surface area contributed by atoms with E-state index >= 15 is 0 Å². The first kappa shape index (κ1) is 29.9. The fourth-order valence-corrected chi connectivity index (χ4v) is 6.84. The van der Waals surface area contributed by atoms with Crippen LogP contribution in [0.2, 0.25) is 10.0 Å². The second-order valence-electron chi connectivity index (χ2n) is 10.8. The number of hydrogen-bond acceptors (Lipinski definition) is 8. The van der Waals surface area contributed by atoms with Crippen LogP contribution in [0, 0.1) is 0 Å². The number of nitrogens with zero attached hydrogens (tertiary/aromatic N) is 5. The fourth-order valence-electron chi connectivity index (χ4n) is 5.74. The van der Waals surface area contributed by atoms with Crippen LogP contribution in [0.15, 0.2) is 60.7 Å². The summed E-state index contributed by atoms with van der Waals surface area (Å²) in [5.74, 6) is -0.415. The molecular formula is C30H30Cl2N8O3S. The number of hydrogen-bond donors (Lipinski definition) is 3. The van der Waals surface area contributed by atoms with Gasteiger partial charge in [-0.25, -0.2) is 9.78 Å². The fraction of sp³-hybridized carbons (Fsp3) is 0.267. The number of para-hydroxylation sites is 1. The molecule has 6 rings (SSSR count). The van der Waals surface area contributed by atoms with Gasteiger partial charge in [0.15, 0.2) is 5.13 Å². The maximum Gasteiger partial charge on any atom is 0.332 e. The highest BCUT2D eigenvalue weighted by Crippen LogP contribution is 2.32. The van der Waals surface area contributed by atoms with Crippen molar-refractivity contribution in [3.63, 3.8) is 0 Å². The number of halogens is 2. The molecule has 14 heteroatoms. The highest BCUT2D eigenvalue weighted by Gasteiger charge is 2.51. The molecular weight excluding hydrogens is 623 g/mol. The summed E-state index contributed by atoms with van der Waals surface area (Å²) in [6.07, 6.45) is -0.272. The molecule has 2 atom stereocenters. The Kier molecular flexibility index (Phi) is 8.25. The Morgan fingerprint density at radius 3 is 2.57 bits per heavy atom. The van der Waals surface area contributed by atoms with Crippen molar-refractivity contribution in [2.45, 2.75) is 31.7 Å². The zero-order valence-corrected chi connectivity index (χ0v) is 26.1. The normalized spacial score (nSPS) is 18.6. The van der Waals surface area contributed by atoms with Gasteiger partial charge in [0.1, 0.15) is 12.2 Å². The third kappa shape index (κ3) is 5.85. The van der Waals surface area contributed by atoms with E-state index in [4.69, 9.17) is 34.7 Å². The van der Waals surface area contributed by atoms with Crippen LogP contribution >= 0.6 is 34.5 Å². The van der Waals surface area contributed by atoms with Crippen LogP contribution in [0.5, 0.6) is 0 Å². The van der Waals surface area contributed by atoms with E-state index in [9.17, 15) is 14.4 Å². The zero-order chi connectivity index (χ0) is 31.1. The summed E-state index contributed by atoms with van der Waals surface area (Å²) in [6, 6.07) is 17.0. The molecule has 1 aromatic heterocycles. The van der Waals surface area contributed by atoms with Crippen LogP contribution in [-0.2, 0) is 29.1 Å². The molecule has 1 unspecified atom stereocenters. The number of carbonyl (C=O) groups excluding carboxylic acids is 3. The molecule has 0 spiro atoms. The van der Waals surface area contributed by atoms with Crippen molar-refractivity contribution in [2.24, 2.45) is 0 Å². The van der Waals surface area contributed by atoms with Crippen molar-refractivity contribution >= 4 is 73.4 Å². The number of rotatable bonds is 7. The first-order valence-electron chi connectivity index (χ1n) is 13.9. The molecule has 4 aromatic rings. The Morgan fingerprint density at radius 2 is 1.82 bits per heavy atom. The maximum atomic E-state index is 14.1. The monoisotopic (exact) mass is 652 g/mol. The lowest BCUT2D eigenvalue weighted by Crippen LogP contribution is -2.65. The van der Waals surface area contributed by atoms with Crippen molar-refractivity contribution in [1.29, 1.82) is 0 Å². The van der Waals surface area contributed by atoms with E-state index in [0.717, 1.165) is 26.9 Å². The van der Waals surface area contributed by atoms with Gasteiger partial charge in [-0.2, -0.15) is 5.01 Å². The van der Waals surface area contributed by atoms with Crippen LogP contribution in [0.4, 0.5) is 15.6 Å². The van der Waals surface area contributed by atoms with E-state index in [1.54, 1.807) is 52.2 Å². The third-order valence-corrected chi connectivity index (χ3v) is 9.55. The number of anilines is 2. The SMILES string of the molecule is CN(C(=O)NCc1ccc(Cl)c(Cl)c1)N1CC(=O)N2C1CN(Cc1cccc3sc(N)nc13)C(=O)[C@@H]2Cc1ccc(N)cc1. The minimum Gasteiger partial charge on any atom is -0.399 e. The van der Waals surface area contributed by atoms with Gasteiger partial charge in [-0.1, -0.05) is 64.9 Å². The predicted octanol–water partition coefficient (Wildman–Crippen LogP) is 3.95. The van der Waals surface area contributed by atoms with Crippen LogP contribution in [0.25, 0.3) is 10.2 Å². The number of carbonyl (C=O) groups is 3. The lowest BCUT2D eigenvalue weighted by Gasteiger charge is -2.45. The molecule has 2 fully saturated rings. The van der Waals surface area contributed by atoms with Gasteiger partial charge in [0, 0.05) is 32.2 Å². The van der Waals surface area contributed by atoms with Crippen molar-refractivity contribution in [3.8, 4) is 0 Å². The standard InChI is InChI=1S/C30H30Cl2N8O3S/c1-37(30(43)35-13-18-7-10-21(31)22(32)11-18)39-16-26(41)40-23(12-17-5-8-20(33)9-6-17)28(42)38(15-25(39)40)14-19-3-2-4-24-27(19)36-29(34)44-24/h2-11,23,25H,12-16,33H2,1H3,(H2,34,36)(H,35,43)/t23-,25?/m0/s1. The van der Waals surface area contributed by atoms with Gasteiger partial charge in [0.05, 0.1) is 33.4 Å². The summed E-state index contributed by atoms with van der Waals surface area (Å²) in [6.45, 7) is 0.626. The van der Waals surface area contributed by atoms with E-state index in [0.29, 0.717) is 27.3 Å². The minimum atomic E-state index is -0.776. The van der Waals surface area contributed by atoms with E-state index < -0.39 is 18.2 Å². The number of thiazole rings is 1. The van der Waals surface area contributed by atoms with E-state index in [-0.39, 0.29) is 38.0 Å². The van der Waals surface area contributed by atoms with Gasteiger partial charge in [-0.15, -0.1) is 0 Å². The lowest BCUT2D eigenvalue weighted by atomic mass is 9.99. The summed E-state index contributed by atoms with van der Waals surface area (Å²) < 4.78 is 0.931. The topological polar surface area (TPSA) is 141 Å². The van der Waals surface area contributed by atoms with E-state index in [2.05, 4.69) is 10.3 Å². The molecule has 0 saturated carbocycles. The number of aromatic nitrogens is 1. The lowest BCUT2D eigenvalue weighted by molar-refractivity contribution is -0.157. The van der Waals surface area contributed by atoms with Gasteiger partial charge in [-0.05, 0) is 47.0 Å². The molecule has 2 aliphatic heterocycles. The Morgan fingerprint density at radius 1 is 1.07 bits per heavy atom. The maximum absolute atomic E-state index is 14.1. The number of nitrogen functional groups attached to an aromatic ring is 2. The Balaban J connectivity index is 1.27. The number of hydrazine groups is 1.